The van der Waals surface area contributed by atoms with Crippen molar-refractivity contribution in [2.24, 2.45) is 0 Å². The van der Waals surface area contributed by atoms with E-state index in [9.17, 15) is 14.4 Å². The Labute approximate surface area is 148 Å². The van der Waals surface area contributed by atoms with Crippen LogP contribution in [0.5, 0.6) is 0 Å². The van der Waals surface area contributed by atoms with E-state index in [0.717, 1.165) is 31.9 Å². The molecule has 136 valence electrons. The molecule has 1 aliphatic heterocycles. The molecule has 2 N–H and O–H groups in total. The van der Waals surface area contributed by atoms with E-state index < -0.39 is 0 Å². The van der Waals surface area contributed by atoms with Crippen LogP contribution in [0.15, 0.2) is 24.3 Å². The molecule has 0 atom stereocenters. The predicted molar refractivity (Wildman–Crippen MR) is 96.8 cm³/mol. The third-order valence-electron chi connectivity index (χ3n) is 4.20. The lowest BCUT2D eigenvalue weighted by atomic mass is 10.1. The second-order valence-corrected chi connectivity index (χ2v) is 6.10. The lowest BCUT2D eigenvalue weighted by Gasteiger charge is -2.35. The summed E-state index contributed by atoms with van der Waals surface area (Å²) in [5, 5.41) is 5.28. The van der Waals surface area contributed by atoms with Gasteiger partial charge >= 0.3 is 0 Å². The van der Waals surface area contributed by atoms with E-state index in [1.807, 2.05) is 31.2 Å². The Morgan fingerprint density at radius 3 is 2.16 bits per heavy atom. The highest BCUT2D eigenvalue weighted by Gasteiger charge is 2.19. The van der Waals surface area contributed by atoms with Gasteiger partial charge in [-0.25, -0.2) is 0 Å². The molecule has 7 heteroatoms. The number of likely N-dealkylation sites (N-methyl/N-ethyl adjacent to an activating group) is 1. The fraction of sp³-hybridized carbons (Fsp3) is 0.500. The zero-order chi connectivity index (χ0) is 18.2. The van der Waals surface area contributed by atoms with Crippen LogP contribution in [0.2, 0.25) is 0 Å². The maximum absolute atomic E-state index is 11.9. The SMILES string of the molecule is CCNC(=O)CNC(=O)CN1CCN(c2ccc(C(C)=O)cc2)CC1. The number of benzene rings is 1. The van der Waals surface area contributed by atoms with Crippen molar-refractivity contribution in [3.05, 3.63) is 29.8 Å². The number of rotatable bonds is 7. The van der Waals surface area contributed by atoms with Crippen molar-refractivity contribution in [3.63, 3.8) is 0 Å². The van der Waals surface area contributed by atoms with Crippen LogP contribution in [0, 0.1) is 0 Å². The van der Waals surface area contributed by atoms with Gasteiger partial charge in [0.2, 0.25) is 11.8 Å². The predicted octanol–water partition coefficient (Wildman–Crippen LogP) is 0.264. The highest BCUT2D eigenvalue weighted by Crippen LogP contribution is 2.17. The first kappa shape index (κ1) is 18.9. The molecule has 1 aromatic carbocycles. The number of hydrogen-bond acceptors (Lipinski definition) is 5. The van der Waals surface area contributed by atoms with E-state index in [-0.39, 0.29) is 24.1 Å². The van der Waals surface area contributed by atoms with E-state index in [0.29, 0.717) is 18.7 Å². The van der Waals surface area contributed by atoms with Gasteiger partial charge in [-0.15, -0.1) is 0 Å². The van der Waals surface area contributed by atoms with Crippen LogP contribution < -0.4 is 15.5 Å². The quantitative estimate of drug-likeness (QED) is 0.693. The minimum Gasteiger partial charge on any atom is -0.369 e. The lowest BCUT2D eigenvalue weighted by Crippen LogP contribution is -2.50. The minimum atomic E-state index is -0.172. The third kappa shape index (κ3) is 5.86. The highest BCUT2D eigenvalue weighted by atomic mass is 16.2. The summed E-state index contributed by atoms with van der Waals surface area (Å²) < 4.78 is 0. The van der Waals surface area contributed by atoms with E-state index in [1.54, 1.807) is 6.92 Å². The summed E-state index contributed by atoms with van der Waals surface area (Å²) in [4.78, 5) is 38.9. The van der Waals surface area contributed by atoms with Gasteiger partial charge in [0.05, 0.1) is 13.1 Å². The number of carbonyl (C=O) groups excluding carboxylic acids is 3. The first-order chi connectivity index (χ1) is 12.0. The number of Topliss-reactive ketones (excluding diaryl/α,β-unsaturated/α-hetero) is 1. The second-order valence-electron chi connectivity index (χ2n) is 6.10. The summed E-state index contributed by atoms with van der Waals surface area (Å²) in [6, 6.07) is 7.62. The maximum atomic E-state index is 11.9. The Morgan fingerprint density at radius 1 is 0.960 bits per heavy atom. The molecule has 0 aliphatic carbocycles. The monoisotopic (exact) mass is 346 g/mol. The van der Waals surface area contributed by atoms with Crippen molar-refractivity contribution in [1.82, 2.24) is 15.5 Å². The maximum Gasteiger partial charge on any atom is 0.239 e. The summed E-state index contributed by atoms with van der Waals surface area (Å²) in [5.41, 5.74) is 1.80. The van der Waals surface area contributed by atoms with Gasteiger partial charge in [-0.1, -0.05) is 0 Å². The standard InChI is InChI=1S/C18H26N4O3/c1-3-19-17(24)12-20-18(25)13-21-8-10-22(11-9-21)16-6-4-15(5-7-16)14(2)23/h4-7H,3,8-13H2,1-2H3,(H,19,24)(H,20,25). The smallest absolute Gasteiger partial charge is 0.239 e. The zero-order valence-corrected chi connectivity index (χ0v) is 14.9. The van der Waals surface area contributed by atoms with Crippen molar-refractivity contribution in [3.8, 4) is 0 Å². The summed E-state index contributed by atoms with van der Waals surface area (Å²) in [6.07, 6.45) is 0. The molecule has 1 aliphatic rings. The van der Waals surface area contributed by atoms with Crippen molar-refractivity contribution in [2.75, 3.05) is 50.7 Å². The van der Waals surface area contributed by atoms with E-state index in [1.165, 1.54) is 0 Å². The first-order valence-electron chi connectivity index (χ1n) is 8.61. The molecule has 25 heavy (non-hydrogen) atoms. The van der Waals surface area contributed by atoms with E-state index in [2.05, 4.69) is 20.4 Å². The number of amides is 2. The van der Waals surface area contributed by atoms with Crippen LogP contribution >= 0.6 is 0 Å². The largest absolute Gasteiger partial charge is 0.369 e. The Balaban J connectivity index is 1.74. The molecule has 1 fully saturated rings. The molecule has 1 saturated heterocycles. The lowest BCUT2D eigenvalue weighted by molar-refractivity contribution is -0.126. The summed E-state index contributed by atoms with van der Waals surface area (Å²) in [6.45, 7) is 7.49. The van der Waals surface area contributed by atoms with Gasteiger partial charge in [-0.3, -0.25) is 19.3 Å². The van der Waals surface area contributed by atoms with E-state index in [4.69, 9.17) is 0 Å². The number of nitrogens with zero attached hydrogens (tertiary/aromatic N) is 2. The van der Waals surface area contributed by atoms with Crippen LogP contribution in [0.1, 0.15) is 24.2 Å². The average Bonchev–Trinajstić information content (AvgIpc) is 2.61. The molecule has 0 unspecified atom stereocenters. The van der Waals surface area contributed by atoms with Crippen molar-refractivity contribution in [2.45, 2.75) is 13.8 Å². The molecule has 0 aromatic heterocycles. The topological polar surface area (TPSA) is 81.8 Å². The number of carbonyl (C=O) groups is 3. The van der Waals surface area contributed by atoms with Gasteiger partial charge in [0, 0.05) is 44.0 Å². The minimum absolute atomic E-state index is 0.0230. The zero-order valence-electron chi connectivity index (χ0n) is 14.9. The molecule has 1 heterocycles. The van der Waals surface area contributed by atoms with Crippen LogP contribution in [-0.2, 0) is 9.59 Å². The first-order valence-corrected chi connectivity index (χ1v) is 8.61. The van der Waals surface area contributed by atoms with Crippen LogP contribution in [0.25, 0.3) is 0 Å². The number of nitrogens with one attached hydrogen (secondary N) is 2. The Morgan fingerprint density at radius 2 is 1.60 bits per heavy atom. The molecular weight excluding hydrogens is 320 g/mol. The van der Waals surface area contributed by atoms with Gasteiger partial charge in [-0.2, -0.15) is 0 Å². The van der Waals surface area contributed by atoms with Gasteiger partial charge in [0.1, 0.15) is 0 Å². The van der Waals surface area contributed by atoms with Gasteiger partial charge in [0.15, 0.2) is 5.78 Å². The molecule has 2 amide bonds. The molecule has 0 saturated carbocycles. The normalized spacial score (nSPS) is 14.9. The average molecular weight is 346 g/mol. The molecule has 2 rings (SSSR count). The molecule has 0 spiro atoms. The van der Waals surface area contributed by atoms with Crippen molar-refractivity contribution in [1.29, 1.82) is 0 Å². The molecule has 0 bridgehead atoms. The third-order valence-corrected chi connectivity index (χ3v) is 4.20. The molecular formula is C18H26N4O3. The fourth-order valence-electron chi connectivity index (χ4n) is 2.77. The number of piperazine rings is 1. The van der Waals surface area contributed by atoms with E-state index >= 15 is 0 Å². The van der Waals surface area contributed by atoms with Crippen LogP contribution in [0.3, 0.4) is 0 Å². The number of hydrogen-bond donors (Lipinski definition) is 2. The Kier molecular flexibility index (Phi) is 6.94. The van der Waals surface area contributed by atoms with Crippen LogP contribution in [0.4, 0.5) is 5.69 Å². The van der Waals surface area contributed by atoms with Gasteiger partial charge in [0.25, 0.3) is 0 Å². The molecule has 0 radical (unpaired) electrons. The second kappa shape index (κ2) is 9.17. The Hall–Kier alpha value is -2.41. The molecule has 1 aromatic rings. The van der Waals surface area contributed by atoms with Crippen molar-refractivity contribution >= 4 is 23.3 Å². The van der Waals surface area contributed by atoms with Gasteiger partial charge in [-0.05, 0) is 38.1 Å². The number of anilines is 1. The number of ketones is 1. The highest BCUT2D eigenvalue weighted by molar-refractivity contribution is 5.94. The summed E-state index contributed by atoms with van der Waals surface area (Å²) >= 11 is 0. The van der Waals surface area contributed by atoms with Gasteiger partial charge < -0.3 is 15.5 Å². The fourth-order valence-corrected chi connectivity index (χ4v) is 2.77. The summed E-state index contributed by atoms with van der Waals surface area (Å²) in [7, 11) is 0. The van der Waals surface area contributed by atoms with Crippen molar-refractivity contribution < 1.29 is 14.4 Å². The molecule has 7 nitrogen and oxygen atoms in total. The summed E-state index contributed by atoms with van der Waals surface area (Å²) in [5.74, 6) is -0.241. The Bertz CT molecular complexity index is 607. The van der Waals surface area contributed by atoms with Crippen LogP contribution in [-0.4, -0.2) is 68.3 Å².